The molecule has 3 N–H and O–H groups in total. The van der Waals surface area contributed by atoms with Crippen LogP contribution < -0.4 is 25.4 Å². The maximum Gasteiger partial charge on any atom is 0.239 e. The molecule has 2 aromatic rings. The average Bonchev–Trinajstić information content (AvgIpc) is 2.75. The summed E-state index contributed by atoms with van der Waals surface area (Å²) in [4.78, 5) is 16.1. The third-order valence-electron chi connectivity index (χ3n) is 4.17. The molecule has 0 radical (unpaired) electrons. The zero-order chi connectivity index (χ0) is 20.9. The molecular formula is C22H30N4O3. The van der Waals surface area contributed by atoms with Gasteiger partial charge in [0.15, 0.2) is 17.5 Å². The quantitative estimate of drug-likeness (QED) is 0.421. The minimum atomic E-state index is -0.121. The summed E-state index contributed by atoms with van der Waals surface area (Å²) in [6.07, 6.45) is 0.682. The van der Waals surface area contributed by atoms with E-state index in [9.17, 15) is 4.79 Å². The predicted molar refractivity (Wildman–Crippen MR) is 116 cm³/mol. The van der Waals surface area contributed by atoms with Crippen molar-refractivity contribution in [2.75, 3.05) is 33.8 Å². The molecular weight excluding hydrogens is 368 g/mol. The fraction of sp³-hybridized carbons (Fsp3) is 0.364. The second-order valence-corrected chi connectivity index (χ2v) is 6.47. The maximum absolute atomic E-state index is 12.0. The molecule has 7 nitrogen and oxygen atoms in total. The van der Waals surface area contributed by atoms with Gasteiger partial charge in [0, 0.05) is 13.6 Å². The topological polar surface area (TPSA) is 84.0 Å². The van der Waals surface area contributed by atoms with Crippen molar-refractivity contribution in [3.05, 3.63) is 60.2 Å². The highest BCUT2D eigenvalue weighted by Gasteiger charge is 2.10. The number of para-hydroxylation sites is 2. The molecule has 0 spiro atoms. The van der Waals surface area contributed by atoms with Crippen LogP contribution in [0.1, 0.15) is 12.5 Å². The highest BCUT2D eigenvalue weighted by Crippen LogP contribution is 2.26. The first-order valence-electron chi connectivity index (χ1n) is 9.67. The molecule has 0 heterocycles. The Labute approximate surface area is 172 Å². The lowest BCUT2D eigenvalue weighted by atomic mass is 10.1. The zero-order valence-corrected chi connectivity index (χ0v) is 17.3. The molecule has 1 unspecified atom stereocenters. The van der Waals surface area contributed by atoms with E-state index in [0.29, 0.717) is 30.5 Å². The van der Waals surface area contributed by atoms with Gasteiger partial charge in [0.2, 0.25) is 5.91 Å². The van der Waals surface area contributed by atoms with Crippen molar-refractivity contribution in [2.24, 2.45) is 4.99 Å². The van der Waals surface area contributed by atoms with Crippen molar-refractivity contribution in [1.82, 2.24) is 16.0 Å². The number of hydrogen-bond donors (Lipinski definition) is 3. The molecule has 29 heavy (non-hydrogen) atoms. The Balaban J connectivity index is 1.67. The number of hydrogen-bond acceptors (Lipinski definition) is 4. The number of carbonyl (C=O) groups excluding carboxylic acids is 1. The summed E-state index contributed by atoms with van der Waals surface area (Å²) in [5.74, 6) is 1.83. The Kier molecular flexibility index (Phi) is 9.35. The molecule has 156 valence electrons. The standard InChI is InChI=1S/C22H30N4O3/c1-17(29-20-12-8-7-11-19(20)28-3)15-25-22(23-2)26-16-21(27)24-14-13-18-9-5-4-6-10-18/h4-12,17H,13-16H2,1-3H3,(H,24,27)(H2,23,25,26). The summed E-state index contributed by atoms with van der Waals surface area (Å²) >= 11 is 0. The van der Waals surface area contributed by atoms with Gasteiger partial charge in [-0.3, -0.25) is 9.79 Å². The number of aliphatic imine (C=N–C) groups is 1. The molecule has 2 rings (SSSR count). The van der Waals surface area contributed by atoms with Crippen molar-refractivity contribution in [3.63, 3.8) is 0 Å². The first-order valence-corrected chi connectivity index (χ1v) is 9.67. The zero-order valence-electron chi connectivity index (χ0n) is 17.3. The number of guanidine groups is 1. The summed E-state index contributed by atoms with van der Waals surface area (Å²) in [7, 11) is 3.27. The number of benzene rings is 2. The van der Waals surface area contributed by atoms with Gasteiger partial charge >= 0.3 is 0 Å². The van der Waals surface area contributed by atoms with E-state index in [2.05, 4.69) is 20.9 Å². The van der Waals surface area contributed by atoms with Crippen LogP contribution in [0, 0.1) is 0 Å². The van der Waals surface area contributed by atoms with E-state index in [1.165, 1.54) is 5.56 Å². The largest absolute Gasteiger partial charge is 0.493 e. The number of amides is 1. The Morgan fingerprint density at radius 1 is 1.00 bits per heavy atom. The lowest BCUT2D eigenvalue weighted by Crippen LogP contribution is -2.45. The van der Waals surface area contributed by atoms with Gasteiger partial charge in [0.1, 0.15) is 6.10 Å². The molecule has 1 atom stereocenters. The van der Waals surface area contributed by atoms with Gasteiger partial charge in [-0.1, -0.05) is 42.5 Å². The van der Waals surface area contributed by atoms with Crippen LogP contribution >= 0.6 is 0 Å². The van der Waals surface area contributed by atoms with Crippen molar-refractivity contribution in [2.45, 2.75) is 19.4 Å². The number of carbonyl (C=O) groups is 1. The second kappa shape index (κ2) is 12.3. The number of nitrogens with one attached hydrogen (secondary N) is 3. The van der Waals surface area contributed by atoms with E-state index in [4.69, 9.17) is 9.47 Å². The molecule has 0 aliphatic heterocycles. The summed E-state index contributed by atoms with van der Waals surface area (Å²) in [6, 6.07) is 17.6. The number of rotatable bonds is 10. The van der Waals surface area contributed by atoms with Crippen LogP contribution in [-0.4, -0.2) is 51.8 Å². The van der Waals surface area contributed by atoms with Crippen molar-refractivity contribution in [1.29, 1.82) is 0 Å². The minimum Gasteiger partial charge on any atom is -0.493 e. The summed E-state index contributed by atoms with van der Waals surface area (Å²) in [5, 5.41) is 9.06. The van der Waals surface area contributed by atoms with Gasteiger partial charge in [-0.15, -0.1) is 0 Å². The van der Waals surface area contributed by atoms with E-state index in [0.717, 1.165) is 6.42 Å². The van der Waals surface area contributed by atoms with Gasteiger partial charge in [-0.05, 0) is 31.0 Å². The molecule has 2 aromatic carbocycles. The minimum absolute atomic E-state index is 0.0813. The Hall–Kier alpha value is -3.22. The number of methoxy groups -OCH3 is 1. The van der Waals surface area contributed by atoms with Crippen LogP contribution in [0.5, 0.6) is 11.5 Å². The monoisotopic (exact) mass is 398 g/mol. The van der Waals surface area contributed by atoms with E-state index in [1.807, 2.05) is 61.5 Å². The normalized spacial score (nSPS) is 12.0. The highest BCUT2D eigenvalue weighted by molar-refractivity contribution is 5.86. The van der Waals surface area contributed by atoms with Crippen LogP contribution in [0.3, 0.4) is 0 Å². The fourth-order valence-corrected chi connectivity index (χ4v) is 2.65. The van der Waals surface area contributed by atoms with Gasteiger partial charge in [0.05, 0.1) is 20.2 Å². The van der Waals surface area contributed by atoms with Gasteiger partial charge in [-0.2, -0.15) is 0 Å². The number of nitrogens with zero attached hydrogens (tertiary/aromatic N) is 1. The van der Waals surface area contributed by atoms with Crippen molar-refractivity contribution >= 4 is 11.9 Å². The fourth-order valence-electron chi connectivity index (χ4n) is 2.65. The molecule has 7 heteroatoms. The summed E-state index contributed by atoms with van der Waals surface area (Å²) in [5.41, 5.74) is 1.20. The van der Waals surface area contributed by atoms with Gasteiger partial charge in [-0.25, -0.2) is 0 Å². The first-order chi connectivity index (χ1) is 14.1. The van der Waals surface area contributed by atoms with E-state index in [-0.39, 0.29) is 18.6 Å². The Morgan fingerprint density at radius 2 is 1.69 bits per heavy atom. The molecule has 0 saturated carbocycles. The SMILES string of the molecule is CN=C(NCC(=O)NCCc1ccccc1)NCC(C)Oc1ccccc1OC. The van der Waals surface area contributed by atoms with Crippen LogP contribution in [0.2, 0.25) is 0 Å². The molecule has 0 fully saturated rings. The average molecular weight is 399 g/mol. The van der Waals surface area contributed by atoms with Crippen molar-refractivity contribution in [3.8, 4) is 11.5 Å². The van der Waals surface area contributed by atoms with Crippen LogP contribution in [0.15, 0.2) is 59.6 Å². The maximum atomic E-state index is 12.0. The smallest absolute Gasteiger partial charge is 0.239 e. The van der Waals surface area contributed by atoms with Crippen LogP contribution in [0.4, 0.5) is 0 Å². The molecule has 0 saturated heterocycles. The van der Waals surface area contributed by atoms with Gasteiger partial charge in [0.25, 0.3) is 0 Å². The highest BCUT2D eigenvalue weighted by atomic mass is 16.5. The predicted octanol–water partition coefficient (Wildman–Crippen LogP) is 1.99. The second-order valence-electron chi connectivity index (χ2n) is 6.47. The molecule has 0 bridgehead atoms. The van der Waals surface area contributed by atoms with E-state index < -0.39 is 0 Å². The van der Waals surface area contributed by atoms with Crippen LogP contribution in [0.25, 0.3) is 0 Å². The third-order valence-corrected chi connectivity index (χ3v) is 4.17. The van der Waals surface area contributed by atoms with Crippen molar-refractivity contribution < 1.29 is 14.3 Å². The van der Waals surface area contributed by atoms with Crippen LogP contribution in [-0.2, 0) is 11.2 Å². The summed E-state index contributed by atoms with van der Waals surface area (Å²) in [6.45, 7) is 3.22. The summed E-state index contributed by atoms with van der Waals surface area (Å²) < 4.78 is 11.2. The first kappa shape index (κ1) is 22.1. The van der Waals surface area contributed by atoms with Gasteiger partial charge < -0.3 is 25.4 Å². The molecule has 0 aliphatic carbocycles. The van der Waals surface area contributed by atoms with E-state index >= 15 is 0 Å². The lowest BCUT2D eigenvalue weighted by molar-refractivity contribution is -0.119. The Bertz CT molecular complexity index is 781. The molecule has 0 aromatic heterocycles. The molecule has 0 aliphatic rings. The Morgan fingerprint density at radius 3 is 2.38 bits per heavy atom. The third kappa shape index (κ3) is 8.13. The van der Waals surface area contributed by atoms with E-state index in [1.54, 1.807) is 14.2 Å². The lowest BCUT2D eigenvalue weighted by Gasteiger charge is -2.19. The number of ether oxygens (including phenoxy) is 2. The molecule has 1 amide bonds.